The molecule has 0 fully saturated rings. The second-order valence-corrected chi connectivity index (χ2v) is 5.19. The van der Waals surface area contributed by atoms with Crippen LogP contribution in [0.2, 0.25) is 0 Å². The first-order chi connectivity index (χ1) is 7.38. The SMILES string of the molecule is CNCC(C)(C)N(C)c1cc(C)ccc1C. The Hall–Kier alpha value is -1.02. The van der Waals surface area contributed by atoms with Gasteiger partial charge in [-0.05, 0) is 51.9 Å². The highest BCUT2D eigenvalue weighted by atomic mass is 15.2. The largest absolute Gasteiger partial charge is 0.368 e. The molecule has 0 atom stereocenters. The molecular formula is C14H24N2. The van der Waals surface area contributed by atoms with E-state index in [1.807, 2.05) is 7.05 Å². The van der Waals surface area contributed by atoms with Crippen LogP contribution in [0.3, 0.4) is 0 Å². The first kappa shape index (κ1) is 13.0. The monoisotopic (exact) mass is 220 g/mol. The molecule has 1 aromatic carbocycles. The van der Waals surface area contributed by atoms with E-state index in [0.717, 1.165) is 6.54 Å². The average molecular weight is 220 g/mol. The van der Waals surface area contributed by atoms with Gasteiger partial charge in [0.25, 0.3) is 0 Å². The third kappa shape index (κ3) is 2.76. The predicted molar refractivity (Wildman–Crippen MR) is 72.3 cm³/mol. The molecule has 2 heteroatoms. The maximum absolute atomic E-state index is 3.25. The topological polar surface area (TPSA) is 15.3 Å². The van der Waals surface area contributed by atoms with Crippen LogP contribution in [0.5, 0.6) is 0 Å². The Labute approximate surface area is 99.7 Å². The lowest BCUT2D eigenvalue weighted by Crippen LogP contribution is -2.48. The Morgan fingerprint density at radius 1 is 1.25 bits per heavy atom. The summed E-state index contributed by atoms with van der Waals surface area (Å²) in [5.41, 5.74) is 4.08. The van der Waals surface area contributed by atoms with Crippen molar-refractivity contribution in [3.8, 4) is 0 Å². The summed E-state index contributed by atoms with van der Waals surface area (Å²) >= 11 is 0. The molecule has 0 heterocycles. The smallest absolute Gasteiger partial charge is 0.0466 e. The number of likely N-dealkylation sites (N-methyl/N-ethyl adjacent to an activating group) is 2. The van der Waals surface area contributed by atoms with Gasteiger partial charge in [0.05, 0.1) is 0 Å². The molecule has 0 saturated heterocycles. The van der Waals surface area contributed by atoms with Gasteiger partial charge in [0, 0.05) is 24.8 Å². The Bertz CT molecular complexity index is 356. The molecule has 0 saturated carbocycles. The second-order valence-electron chi connectivity index (χ2n) is 5.19. The van der Waals surface area contributed by atoms with Crippen LogP contribution in [0, 0.1) is 13.8 Å². The lowest BCUT2D eigenvalue weighted by molar-refractivity contribution is 0.462. The van der Waals surface area contributed by atoms with E-state index < -0.39 is 0 Å². The van der Waals surface area contributed by atoms with E-state index in [0.29, 0.717) is 0 Å². The zero-order valence-corrected chi connectivity index (χ0v) is 11.4. The fourth-order valence-electron chi connectivity index (χ4n) is 1.96. The zero-order valence-electron chi connectivity index (χ0n) is 11.4. The van der Waals surface area contributed by atoms with Gasteiger partial charge in [-0.25, -0.2) is 0 Å². The van der Waals surface area contributed by atoms with Gasteiger partial charge in [0.2, 0.25) is 0 Å². The second kappa shape index (κ2) is 4.88. The van der Waals surface area contributed by atoms with Gasteiger partial charge in [-0.15, -0.1) is 0 Å². The lowest BCUT2D eigenvalue weighted by atomic mass is 10.0. The van der Waals surface area contributed by atoms with Gasteiger partial charge < -0.3 is 10.2 Å². The average Bonchev–Trinajstić information content (AvgIpc) is 2.20. The highest BCUT2D eigenvalue weighted by Crippen LogP contribution is 2.26. The van der Waals surface area contributed by atoms with Gasteiger partial charge in [0.15, 0.2) is 0 Å². The highest BCUT2D eigenvalue weighted by molar-refractivity contribution is 5.56. The van der Waals surface area contributed by atoms with Crippen LogP contribution in [0.25, 0.3) is 0 Å². The number of rotatable bonds is 4. The summed E-state index contributed by atoms with van der Waals surface area (Å²) < 4.78 is 0. The van der Waals surface area contributed by atoms with Crippen LogP contribution in [-0.4, -0.2) is 26.2 Å². The van der Waals surface area contributed by atoms with Gasteiger partial charge in [-0.3, -0.25) is 0 Å². The number of benzene rings is 1. The van der Waals surface area contributed by atoms with Crippen LogP contribution in [-0.2, 0) is 0 Å². The molecule has 0 unspecified atom stereocenters. The Kier molecular flexibility index (Phi) is 3.98. The molecule has 0 aliphatic rings. The summed E-state index contributed by atoms with van der Waals surface area (Å²) in [6.45, 7) is 9.79. The molecule has 0 aromatic heterocycles. The number of nitrogens with one attached hydrogen (secondary N) is 1. The quantitative estimate of drug-likeness (QED) is 0.839. The van der Waals surface area contributed by atoms with Crippen LogP contribution < -0.4 is 10.2 Å². The molecule has 0 aliphatic heterocycles. The van der Waals surface area contributed by atoms with E-state index in [2.05, 4.69) is 63.2 Å². The molecule has 0 spiro atoms. The number of hydrogen-bond donors (Lipinski definition) is 1. The third-order valence-electron chi connectivity index (χ3n) is 3.24. The molecule has 1 aromatic rings. The van der Waals surface area contributed by atoms with Crippen LogP contribution in [0.15, 0.2) is 18.2 Å². The van der Waals surface area contributed by atoms with Gasteiger partial charge in [0.1, 0.15) is 0 Å². The summed E-state index contributed by atoms with van der Waals surface area (Å²) in [5.74, 6) is 0. The van der Waals surface area contributed by atoms with Crippen molar-refractivity contribution in [3.05, 3.63) is 29.3 Å². The summed E-state index contributed by atoms with van der Waals surface area (Å²) in [6.07, 6.45) is 0. The minimum Gasteiger partial charge on any atom is -0.368 e. The molecule has 2 nitrogen and oxygen atoms in total. The van der Waals surface area contributed by atoms with E-state index >= 15 is 0 Å². The normalized spacial score (nSPS) is 11.6. The molecular weight excluding hydrogens is 196 g/mol. The van der Waals surface area contributed by atoms with Crippen molar-refractivity contribution in [1.29, 1.82) is 0 Å². The number of hydrogen-bond acceptors (Lipinski definition) is 2. The molecule has 1 rings (SSSR count). The highest BCUT2D eigenvalue weighted by Gasteiger charge is 2.23. The van der Waals surface area contributed by atoms with Crippen molar-refractivity contribution in [2.75, 3.05) is 25.5 Å². The maximum atomic E-state index is 3.25. The number of anilines is 1. The predicted octanol–water partition coefficient (Wildman–Crippen LogP) is 2.74. The van der Waals surface area contributed by atoms with Crippen molar-refractivity contribution in [1.82, 2.24) is 5.32 Å². The van der Waals surface area contributed by atoms with Crippen LogP contribution in [0.1, 0.15) is 25.0 Å². The summed E-state index contributed by atoms with van der Waals surface area (Å²) in [6, 6.07) is 6.61. The molecule has 90 valence electrons. The van der Waals surface area contributed by atoms with Crippen LogP contribution >= 0.6 is 0 Å². The number of aryl methyl sites for hydroxylation is 2. The van der Waals surface area contributed by atoms with E-state index in [4.69, 9.17) is 0 Å². The standard InChI is InChI=1S/C14H24N2/c1-11-7-8-12(2)13(9-11)16(6)14(3,4)10-15-5/h7-9,15H,10H2,1-6H3. The van der Waals surface area contributed by atoms with Crippen molar-refractivity contribution >= 4 is 5.69 Å². The van der Waals surface area contributed by atoms with Gasteiger partial charge in [-0.2, -0.15) is 0 Å². The minimum atomic E-state index is 0.118. The van der Waals surface area contributed by atoms with E-state index in [1.54, 1.807) is 0 Å². The summed E-state index contributed by atoms with van der Waals surface area (Å²) in [5, 5.41) is 3.25. The Morgan fingerprint density at radius 3 is 2.44 bits per heavy atom. The minimum absolute atomic E-state index is 0.118. The first-order valence-electron chi connectivity index (χ1n) is 5.84. The molecule has 0 radical (unpaired) electrons. The Balaban J connectivity index is 3.03. The fourth-order valence-corrected chi connectivity index (χ4v) is 1.96. The number of nitrogens with zero attached hydrogens (tertiary/aromatic N) is 1. The summed E-state index contributed by atoms with van der Waals surface area (Å²) in [4.78, 5) is 2.35. The first-order valence-corrected chi connectivity index (χ1v) is 5.84. The molecule has 1 N–H and O–H groups in total. The van der Waals surface area contributed by atoms with Gasteiger partial charge >= 0.3 is 0 Å². The maximum Gasteiger partial charge on any atom is 0.0466 e. The van der Waals surface area contributed by atoms with E-state index in [1.165, 1.54) is 16.8 Å². The molecule has 0 aliphatic carbocycles. The van der Waals surface area contributed by atoms with Crippen molar-refractivity contribution in [3.63, 3.8) is 0 Å². The summed E-state index contributed by atoms with van der Waals surface area (Å²) in [7, 11) is 4.16. The third-order valence-corrected chi connectivity index (χ3v) is 3.24. The van der Waals surface area contributed by atoms with E-state index in [-0.39, 0.29) is 5.54 Å². The van der Waals surface area contributed by atoms with Crippen LogP contribution in [0.4, 0.5) is 5.69 Å². The van der Waals surface area contributed by atoms with E-state index in [9.17, 15) is 0 Å². The van der Waals surface area contributed by atoms with Crippen molar-refractivity contribution in [2.24, 2.45) is 0 Å². The van der Waals surface area contributed by atoms with Crippen molar-refractivity contribution < 1.29 is 0 Å². The molecule has 16 heavy (non-hydrogen) atoms. The Morgan fingerprint density at radius 2 is 1.88 bits per heavy atom. The zero-order chi connectivity index (χ0) is 12.3. The van der Waals surface area contributed by atoms with Crippen molar-refractivity contribution in [2.45, 2.75) is 33.2 Å². The van der Waals surface area contributed by atoms with Gasteiger partial charge in [-0.1, -0.05) is 12.1 Å². The fraction of sp³-hybridized carbons (Fsp3) is 0.571. The lowest BCUT2D eigenvalue weighted by Gasteiger charge is -2.38. The molecule has 0 amide bonds. The molecule has 0 bridgehead atoms.